The van der Waals surface area contributed by atoms with Crippen molar-refractivity contribution < 1.29 is 58.2 Å². The van der Waals surface area contributed by atoms with Crippen LogP contribution in [0.2, 0.25) is 0 Å². The zero-order valence-electron chi connectivity index (χ0n) is 46.9. The standard InChI is InChI=1S/C65H96O12/c1-4-7-10-13-16-19-22-25-27-28-29-30-32-34-36-39-42-45-48-51-57(66)73-54-56(75-58(67)52-49-46-43-40-37-33-24-21-18-15-12-9-6-3)55-74-65-63(61(70)60(69)62(77-65)64(71)72)76-59(68)53-50-47-44-41-38-35-31-26-23-20-17-14-11-8-5-2/h7-12,16-21,25-27,29-31,33-34,36-38,41,43,46,56,60-63,65,69-70H,4-6,13-15,22-24,28,32,35,39-40,42,44-45,47-55H2,1-3H3,(H,71,72)/b10-7-,11-8-,12-9-,19-16-,20-17-,21-18-,27-25-,30-29-,31-26-,36-34-,37-33-,41-38-,46-43-. The monoisotopic (exact) mass is 1070 g/mol. The summed E-state index contributed by atoms with van der Waals surface area (Å²) in [6, 6.07) is 0. The highest BCUT2D eigenvalue weighted by atomic mass is 16.7. The summed E-state index contributed by atoms with van der Waals surface area (Å²) in [5, 5.41) is 31.4. The molecule has 6 atom stereocenters. The van der Waals surface area contributed by atoms with Gasteiger partial charge in [-0.3, -0.25) is 14.4 Å². The topological polar surface area (TPSA) is 175 Å². The Labute approximate surface area is 463 Å². The summed E-state index contributed by atoms with van der Waals surface area (Å²) in [6.07, 6.45) is 62.4. The fraction of sp³-hybridized carbons (Fsp3) is 0.538. The van der Waals surface area contributed by atoms with Crippen molar-refractivity contribution in [1.82, 2.24) is 0 Å². The molecule has 77 heavy (non-hydrogen) atoms. The summed E-state index contributed by atoms with van der Waals surface area (Å²) >= 11 is 0. The van der Waals surface area contributed by atoms with Gasteiger partial charge in [-0.1, -0.05) is 185 Å². The van der Waals surface area contributed by atoms with E-state index < -0.39 is 67.3 Å². The average molecular weight is 1070 g/mol. The molecule has 1 aliphatic heterocycles. The van der Waals surface area contributed by atoms with Crippen LogP contribution >= 0.6 is 0 Å². The van der Waals surface area contributed by atoms with Crippen molar-refractivity contribution >= 4 is 23.9 Å². The zero-order valence-corrected chi connectivity index (χ0v) is 46.9. The van der Waals surface area contributed by atoms with Gasteiger partial charge in [0, 0.05) is 19.3 Å². The minimum Gasteiger partial charge on any atom is -0.479 e. The number of allylic oxidation sites excluding steroid dienone is 26. The van der Waals surface area contributed by atoms with E-state index in [2.05, 4.69) is 154 Å². The van der Waals surface area contributed by atoms with E-state index in [1.807, 2.05) is 24.3 Å². The van der Waals surface area contributed by atoms with E-state index in [9.17, 15) is 34.5 Å². The number of aliphatic hydroxyl groups excluding tert-OH is 2. The van der Waals surface area contributed by atoms with Crippen LogP contribution in [0.3, 0.4) is 0 Å². The molecule has 0 saturated carbocycles. The number of carboxylic acid groups (broad SMARTS) is 1. The second kappa shape index (κ2) is 51.1. The molecule has 1 fully saturated rings. The van der Waals surface area contributed by atoms with E-state index in [4.69, 9.17) is 23.7 Å². The molecule has 1 saturated heterocycles. The van der Waals surface area contributed by atoms with Gasteiger partial charge in [0.05, 0.1) is 6.61 Å². The highest BCUT2D eigenvalue weighted by Gasteiger charge is 2.50. The van der Waals surface area contributed by atoms with Crippen LogP contribution in [0.5, 0.6) is 0 Å². The van der Waals surface area contributed by atoms with E-state index >= 15 is 0 Å². The van der Waals surface area contributed by atoms with Crippen LogP contribution < -0.4 is 0 Å². The Bertz CT molecular complexity index is 1940. The van der Waals surface area contributed by atoms with E-state index in [0.717, 1.165) is 103 Å². The van der Waals surface area contributed by atoms with Crippen molar-refractivity contribution in [3.8, 4) is 0 Å². The maximum absolute atomic E-state index is 13.1. The molecule has 6 unspecified atom stereocenters. The highest BCUT2D eigenvalue weighted by molar-refractivity contribution is 5.74. The van der Waals surface area contributed by atoms with Crippen LogP contribution in [0.25, 0.3) is 0 Å². The first-order valence-corrected chi connectivity index (χ1v) is 28.5. The maximum atomic E-state index is 13.1. The number of aliphatic hydroxyl groups is 2. The van der Waals surface area contributed by atoms with Gasteiger partial charge in [-0.2, -0.15) is 0 Å². The van der Waals surface area contributed by atoms with Gasteiger partial charge >= 0.3 is 23.9 Å². The van der Waals surface area contributed by atoms with Gasteiger partial charge in [-0.05, 0) is 128 Å². The fourth-order valence-electron chi connectivity index (χ4n) is 7.34. The minimum absolute atomic E-state index is 0.0131. The third-order valence-electron chi connectivity index (χ3n) is 11.6. The average Bonchev–Trinajstić information content (AvgIpc) is 3.42. The molecule has 1 heterocycles. The third-order valence-corrected chi connectivity index (χ3v) is 11.6. The summed E-state index contributed by atoms with van der Waals surface area (Å²) < 4.78 is 28.2. The number of carbonyl (C=O) groups is 4. The van der Waals surface area contributed by atoms with Crippen molar-refractivity contribution in [2.75, 3.05) is 13.2 Å². The Balaban J connectivity index is 2.79. The Morgan fingerprint density at radius 1 is 0.429 bits per heavy atom. The summed E-state index contributed by atoms with van der Waals surface area (Å²) in [5.41, 5.74) is 0. The second-order valence-corrected chi connectivity index (χ2v) is 18.4. The van der Waals surface area contributed by atoms with Crippen LogP contribution in [-0.4, -0.2) is 89.2 Å². The number of rotatable bonds is 45. The Morgan fingerprint density at radius 3 is 1.23 bits per heavy atom. The van der Waals surface area contributed by atoms with E-state index in [0.29, 0.717) is 32.1 Å². The number of hydrogen-bond donors (Lipinski definition) is 3. The van der Waals surface area contributed by atoms with Crippen LogP contribution in [0, 0.1) is 0 Å². The SMILES string of the molecule is CC/C=C\C/C=C\C/C=C\C/C=C\C/C=C\CCCCCC(=O)OCC(COC1OC(C(=O)O)C(O)C(O)C1OC(=O)CCCC/C=C\C/C=C\C/C=C\C/C=C\CC)OC(=O)CC/C=C\C/C=C\C/C=C\C/C=C\CC. The largest absolute Gasteiger partial charge is 0.479 e. The molecule has 0 bridgehead atoms. The van der Waals surface area contributed by atoms with Crippen LogP contribution in [0.15, 0.2) is 158 Å². The highest BCUT2D eigenvalue weighted by Crippen LogP contribution is 2.26. The molecule has 0 aliphatic carbocycles. The van der Waals surface area contributed by atoms with Gasteiger partial charge in [-0.25, -0.2) is 4.79 Å². The second-order valence-electron chi connectivity index (χ2n) is 18.4. The number of unbranched alkanes of at least 4 members (excludes halogenated alkanes) is 5. The van der Waals surface area contributed by atoms with Crippen molar-refractivity contribution in [3.63, 3.8) is 0 Å². The molecule has 1 rings (SSSR count). The molecule has 12 nitrogen and oxygen atoms in total. The molecule has 1 aliphatic rings. The Morgan fingerprint density at radius 2 is 0.805 bits per heavy atom. The molecule has 12 heteroatoms. The number of carboxylic acids is 1. The van der Waals surface area contributed by atoms with Gasteiger partial charge in [0.25, 0.3) is 0 Å². The molecule has 3 N–H and O–H groups in total. The van der Waals surface area contributed by atoms with Gasteiger partial charge < -0.3 is 39.0 Å². The van der Waals surface area contributed by atoms with Crippen molar-refractivity contribution in [3.05, 3.63) is 158 Å². The Hall–Kier alpha value is -5.66. The van der Waals surface area contributed by atoms with Crippen molar-refractivity contribution in [2.24, 2.45) is 0 Å². The number of ether oxygens (including phenoxy) is 5. The lowest BCUT2D eigenvalue weighted by Gasteiger charge is -2.40. The van der Waals surface area contributed by atoms with E-state index in [-0.39, 0.29) is 25.9 Å². The molecule has 0 aromatic rings. The minimum atomic E-state index is -1.94. The molecule has 0 aromatic heterocycles. The number of esters is 3. The van der Waals surface area contributed by atoms with Gasteiger partial charge in [0.15, 0.2) is 24.6 Å². The number of carbonyl (C=O) groups excluding carboxylic acids is 3. The summed E-state index contributed by atoms with van der Waals surface area (Å²) in [6.45, 7) is 5.50. The van der Waals surface area contributed by atoms with Gasteiger partial charge in [0.1, 0.15) is 18.8 Å². The fourth-order valence-corrected chi connectivity index (χ4v) is 7.34. The number of aliphatic carboxylic acids is 1. The predicted molar refractivity (Wildman–Crippen MR) is 312 cm³/mol. The van der Waals surface area contributed by atoms with Crippen LogP contribution in [0.1, 0.15) is 175 Å². The van der Waals surface area contributed by atoms with Crippen LogP contribution in [0.4, 0.5) is 0 Å². The van der Waals surface area contributed by atoms with Crippen LogP contribution in [-0.2, 0) is 42.9 Å². The lowest BCUT2D eigenvalue weighted by Crippen LogP contribution is -2.61. The lowest BCUT2D eigenvalue weighted by atomic mass is 9.98. The molecule has 0 amide bonds. The predicted octanol–water partition coefficient (Wildman–Crippen LogP) is 14.6. The summed E-state index contributed by atoms with van der Waals surface area (Å²) in [5.74, 6) is -3.36. The van der Waals surface area contributed by atoms with Crippen molar-refractivity contribution in [2.45, 2.75) is 212 Å². The molecule has 428 valence electrons. The normalized spacial score (nSPS) is 19.2. The quantitative estimate of drug-likeness (QED) is 0.0228. The molecular weight excluding hydrogens is 973 g/mol. The van der Waals surface area contributed by atoms with Gasteiger partial charge in [-0.15, -0.1) is 0 Å². The Kier molecular flexibility index (Phi) is 46.0. The molecule has 0 spiro atoms. The first-order valence-electron chi connectivity index (χ1n) is 28.5. The van der Waals surface area contributed by atoms with Crippen molar-refractivity contribution in [1.29, 1.82) is 0 Å². The van der Waals surface area contributed by atoms with Gasteiger partial charge in [0.2, 0.25) is 0 Å². The summed E-state index contributed by atoms with van der Waals surface area (Å²) in [4.78, 5) is 51.0. The number of hydrogen-bond acceptors (Lipinski definition) is 11. The maximum Gasteiger partial charge on any atom is 0.335 e. The van der Waals surface area contributed by atoms with E-state index in [1.165, 1.54) is 0 Å². The first kappa shape index (κ1) is 69.4. The summed E-state index contributed by atoms with van der Waals surface area (Å²) in [7, 11) is 0. The first-order chi connectivity index (χ1) is 37.6. The lowest BCUT2D eigenvalue weighted by molar-refractivity contribution is -0.301. The molecular formula is C65H96O12. The molecule has 0 aromatic carbocycles. The molecule has 0 radical (unpaired) electrons. The zero-order chi connectivity index (χ0) is 56.1. The smallest absolute Gasteiger partial charge is 0.335 e. The van der Waals surface area contributed by atoms with E-state index in [1.54, 1.807) is 0 Å². The third kappa shape index (κ3) is 41.2.